The maximum atomic E-state index is 5.61. The first-order valence-electron chi connectivity index (χ1n) is 7.87. The van der Waals surface area contributed by atoms with Crippen LogP contribution in [0.25, 0.3) is 0 Å². The third-order valence-electron chi connectivity index (χ3n) is 3.65. The fraction of sp³-hybridized carbons (Fsp3) is 0.875. The molecule has 0 radical (unpaired) electrons. The highest BCUT2D eigenvalue weighted by Crippen LogP contribution is 2.21. The molecule has 0 spiro atoms. The highest BCUT2D eigenvalue weighted by atomic mass is 16.5. The molecule has 0 bridgehead atoms. The Bertz CT molecular complexity index is 241. The van der Waals surface area contributed by atoms with Crippen molar-refractivity contribution in [3.05, 3.63) is 11.6 Å². The first-order chi connectivity index (χ1) is 9.38. The van der Waals surface area contributed by atoms with E-state index >= 15 is 0 Å². The fourth-order valence-corrected chi connectivity index (χ4v) is 2.54. The summed E-state index contributed by atoms with van der Waals surface area (Å²) >= 11 is 0. The van der Waals surface area contributed by atoms with Crippen LogP contribution in [0.1, 0.15) is 51.9 Å². The monoisotopic (exact) mass is 269 g/mol. The number of rotatable bonds is 10. The van der Waals surface area contributed by atoms with Crippen LogP contribution < -0.4 is 5.32 Å². The molecule has 3 heteroatoms. The van der Waals surface area contributed by atoms with Crippen LogP contribution in [-0.4, -0.2) is 39.5 Å². The summed E-state index contributed by atoms with van der Waals surface area (Å²) in [5.74, 6) is 0. The van der Waals surface area contributed by atoms with Gasteiger partial charge in [0.2, 0.25) is 0 Å². The van der Waals surface area contributed by atoms with Crippen LogP contribution in [-0.2, 0) is 9.47 Å². The van der Waals surface area contributed by atoms with Crippen LogP contribution >= 0.6 is 0 Å². The molecule has 1 N–H and O–H groups in total. The number of methoxy groups -OCH3 is 1. The summed E-state index contributed by atoms with van der Waals surface area (Å²) in [6, 6.07) is 0.514. The molecule has 0 aromatic rings. The number of hydrogen-bond donors (Lipinski definition) is 1. The van der Waals surface area contributed by atoms with Crippen LogP contribution in [0, 0.1) is 0 Å². The standard InChI is InChI=1S/C16H31NO2/c1-3-11-17-16(10-12-19-14-13-18-2)15-8-6-4-5-7-9-15/h8,16-17H,3-7,9-14H2,1-2H3. The lowest BCUT2D eigenvalue weighted by Crippen LogP contribution is -2.33. The Labute approximate surface area is 118 Å². The minimum Gasteiger partial charge on any atom is -0.382 e. The lowest BCUT2D eigenvalue weighted by Gasteiger charge is -2.21. The van der Waals surface area contributed by atoms with E-state index in [-0.39, 0.29) is 0 Å². The Morgan fingerprint density at radius 3 is 2.89 bits per heavy atom. The molecule has 1 unspecified atom stereocenters. The van der Waals surface area contributed by atoms with E-state index in [1.165, 1.54) is 38.5 Å². The van der Waals surface area contributed by atoms with Gasteiger partial charge in [-0.25, -0.2) is 0 Å². The summed E-state index contributed by atoms with van der Waals surface area (Å²) in [5.41, 5.74) is 1.61. The van der Waals surface area contributed by atoms with Gasteiger partial charge in [-0.15, -0.1) is 0 Å². The van der Waals surface area contributed by atoms with E-state index in [2.05, 4.69) is 18.3 Å². The quantitative estimate of drug-likeness (QED) is 0.487. The normalized spacial score (nSPS) is 17.9. The van der Waals surface area contributed by atoms with Gasteiger partial charge in [0, 0.05) is 19.8 Å². The van der Waals surface area contributed by atoms with Gasteiger partial charge >= 0.3 is 0 Å². The van der Waals surface area contributed by atoms with E-state index in [9.17, 15) is 0 Å². The van der Waals surface area contributed by atoms with Crippen molar-refractivity contribution in [2.45, 2.75) is 57.9 Å². The van der Waals surface area contributed by atoms with Gasteiger partial charge < -0.3 is 14.8 Å². The van der Waals surface area contributed by atoms with Gasteiger partial charge in [0.05, 0.1) is 13.2 Å². The molecule has 0 aromatic carbocycles. The minimum absolute atomic E-state index is 0.514. The average molecular weight is 269 g/mol. The molecule has 0 fully saturated rings. The van der Waals surface area contributed by atoms with Gasteiger partial charge in [-0.1, -0.05) is 25.0 Å². The van der Waals surface area contributed by atoms with Gasteiger partial charge in [-0.3, -0.25) is 0 Å². The smallest absolute Gasteiger partial charge is 0.0700 e. The van der Waals surface area contributed by atoms with Crippen molar-refractivity contribution in [2.24, 2.45) is 0 Å². The molecule has 0 saturated heterocycles. The second kappa shape index (κ2) is 11.4. The predicted molar refractivity (Wildman–Crippen MR) is 80.6 cm³/mol. The Hall–Kier alpha value is -0.380. The second-order valence-corrected chi connectivity index (χ2v) is 5.28. The van der Waals surface area contributed by atoms with Crippen LogP contribution in [0.5, 0.6) is 0 Å². The molecule has 1 aliphatic carbocycles. The molecular weight excluding hydrogens is 238 g/mol. The Morgan fingerprint density at radius 1 is 1.21 bits per heavy atom. The van der Waals surface area contributed by atoms with Gasteiger partial charge in [0.15, 0.2) is 0 Å². The summed E-state index contributed by atoms with van der Waals surface area (Å²) in [7, 11) is 1.71. The maximum absolute atomic E-state index is 5.61. The topological polar surface area (TPSA) is 30.5 Å². The number of nitrogens with one attached hydrogen (secondary N) is 1. The summed E-state index contributed by atoms with van der Waals surface area (Å²) in [5, 5.41) is 3.68. The molecule has 0 heterocycles. The van der Waals surface area contributed by atoms with E-state index in [1.807, 2.05) is 0 Å². The maximum Gasteiger partial charge on any atom is 0.0700 e. The third-order valence-corrected chi connectivity index (χ3v) is 3.65. The minimum atomic E-state index is 0.514. The predicted octanol–water partition coefficient (Wildman–Crippen LogP) is 3.30. The molecule has 0 saturated carbocycles. The van der Waals surface area contributed by atoms with Crippen molar-refractivity contribution >= 4 is 0 Å². The van der Waals surface area contributed by atoms with Gasteiger partial charge in [0.1, 0.15) is 0 Å². The zero-order valence-corrected chi connectivity index (χ0v) is 12.7. The Kier molecular flexibility index (Phi) is 10.0. The lowest BCUT2D eigenvalue weighted by atomic mass is 9.99. The molecule has 112 valence electrons. The van der Waals surface area contributed by atoms with E-state index in [0.717, 1.165) is 19.6 Å². The van der Waals surface area contributed by atoms with E-state index in [4.69, 9.17) is 9.47 Å². The van der Waals surface area contributed by atoms with Crippen molar-refractivity contribution in [3.63, 3.8) is 0 Å². The highest BCUT2D eigenvalue weighted by Gasteiger charge is 2.14. The number of allylic oxidation sites excluding steroid dienone is 1. The SMILES string of the molecule is CCCNC(CCOCCOC)C1=CCCCCC1. The van der Waals surface area contributed by atoms with Crippen LogP contribution in [0.2, 0.25) is 0 Å². The largest absolute Gasteiger partial charge is 0.382 e. The van der Waals surface area contributed by atoms with Gasteiger partial charge in [0.25, 0.3) is 0 Å². The summed E-state index contributed by atoms with van der Waals surface area (Å²) in [6.45, 7) is 5.54. The zero-order chi connectivity index (χ0) is 13.8. The first-order valence-corrected chi connectivity index (χ1v) is 7.87. The summed E-state index contributed by atoms with van der Waals surface area (Å²) < 4.78 is 10.6. The molecular formula is C16H31NO2. The van der Waals surface area contributed by atoms with Crippen LogP contribution in [0.3, 0.4) is 0 Å². The average Bonchev–Trinajstić information content (AvgIpc) is 2.71. The Morgan fingerprint density at radius 2 is 2.11 bits per heavy atom. The summed E-state index contributed by atoms with van der Waals surface area (Å²) in [4.78, 5) is 0. The van der Waals surface area contributed by atoms with E-state index < -0.39 is 0 Å². The lowest BCUT2D eigenvalue weighted by molar-refractivity contribution is 0.0669. The molecule has 0 aliphatic heterocycles. The van der Waals surface area contributed by atoms with Gasteiger partial charge in [-0.2, -0.15) is 0 Å². The second-order valence-electron chi connectivity index (χ2n) is 5.28. The third kappa shape index (κ3) is 7.71. The summed E-state index contributed by atoms with van der Waals surface area (Å²) in [6.07, 6.45) is 11.3. The van der Waals surface area contributed by atoms with Crippen molar-refractivity contribution in [1.82, 2.24) is 5.32 Å². The number of hydrogen-bond acceptors (Lipinski definition) is 3. The molecule has 1 atom stereocenters. The van der Waals surface area contributed by atoms with Crippen molar-refractivity contribution < 1.29 is 9.47 Å². The molecule has 1 aliphatic rings. The Balaban J connectivity index is 2.34. The van der Waals surface area contributed by atoms with Gasteiger partial charge in [-0.05, 0) is 45.1 Å². The van der Waals surface area contributed by atoms with Crippen molar-refractivity contribution in [3.8, 4) is 0 Å². The molecule has 1 rings (SSSR count). The molecule has 0 aromatic heterocycles. The van der Waals surface area contributed by atoms with E-state index in [0.29, 0.717) is 19.3 Å². The molecule has 19 heavy (non-hydrogen) atoms. The number of ether oxygens (including phenoxy) is 2. The molecule has 3 nitrogen and oxygen atoms in total. The zero-order valence-electron chi connectivity index (χ0n) is 12.7. The highest BCUT2D eigenvalue weighted by molar-refractivity contribution is 5.12. The van der Waals surface area contributed by atoms with Crippen LogP contribution in [0.15, 0.2) is 11.6 Å². The van der Waals surface area contributed by atoms with Crippen molar-refractivity contribution in [1.29, 1.82) is 0 Å². The van der Waals surface area contributed by atoms with Crippen LogP contribution in [0.4, 0.5) is 0 Å². The van der Waals surface area contributed by atoms with Crippen molar-refractivity contribution in [2.75, 3.05) is 33.5 Å². The molecule has 0 amide bonds. The van der Waals surface area contributed by atoms with E-state index in [1.54, 1.807) is 12.7 Å². The first kappa shape index (κ1) is 16.7. The fourth-order valence-electron chi connectivity index (χ4n) is 2.54.